The quantitative estimate of drug-likeness (QED) is 0.660. The van der Waals surface area contributed by atoms with E-state index >= 15 is 0 Å². The summed E-state index contributed by atoms with van der Waals surface area (Å²) in [5.74, 6) is -0.825. The average molecular weight is 426 g/mol. The number of imide groups is 1. The van der Waals surface area contributed by atoms with Crippen LogP contribution in [0.5, 0.6) is 0 Å². The van der Waals surface area contributed by atoms with Gasteiger partial charge in [0.25, 0.3) is 11.8 Å². The van der Waals surface area contributed by atoms with Gasteiger partial charge in [0, 0.05) is 26.1 Å². The van der Waals surface area contributed by atoms with E-state index in [0.29, 0.717) is 30.5 Å². The highest BCUT2D eigenvalue weighted by atomic mass is 32.2. The predicted octanol–water partition coefficient (Wildman–Crippen LogP) is 2.14. The molecule has 7 nitrogen and oxygen atoms in total. The smallest absolute Gasteiger partial charge is 0.261 e. The van der Waals surface area contributed by atoms with Crippen LogP contribution >= 0.6 is 0 Å². The van der Waals surface area contributed by atoms with E-state index in [1.54, 1.807) is 59.5 Å². The molecule has 0 spiro atoms. The molecule has 1 fully saturated rings. The minimum Gasteiger partial charge on any atom is -0.341 e. The topological polar surface area (TPSA) is 91.8 Å². The van der Waals surface area contributed by atoms with E-state index in [1.807, 2.05) is 0 Å². The summed E-state index contributed by atoms with van der Waals surface area (Å²) in [7, 11) is -3.48. The van der Waals surface area contributed by atoms with Crippen LogP contribution < -0.4 is 0 Å². The van der Waals surface area contributed by atoms with Crippen molar-refractivity contribution in [2.24, 2.45) is 0 Å². The highest BCUT2D eigenvalue weighted by molar-refractivity contribution is 7.92. The largest absolute Gasteiger partial charge is 0.341 e. The van der Waals surface area contributed by atoms with Gasteiger partial charge in [-0.05, 0) is 37.1 Å². The zero-order valence-corrected chi connectivity index (χ0v) is 17.2. The fourth-order valence-electron chi connectivity index (χ4n) is 4.00. The van der Waals surface area contributed by atoms with Gasteiger partial charge in [0.1, 0.15) is 0 Å². The minimum atomic E-state index is -3.48. The summed E-state index contributed by atoms with van der Waals surface area (Å²) in [5, 5.41) is -0.611. The molecule has 1 unspecified atom stereocenters. The second-order valence-electron chi connectivity index (χ2n) is 7.52. The van der Waals surface area contributed by atoms with E-state index in [9.17, 15) is 22.8 Å². The lowest BCUT2D eigenvalue weighted by atomic mass is 10.1. The number of hydrogen-bond donors (Lipinski definition) is 0. The summed E-state index contributed by atoms with van der Waals surface area (Å²) >= 11 is 0. The highest BCUT2D eigenvalue weighted by Gasteiger charge is 2.37. The lowest BCUT2D eigenvalue weighted by Crippen LogP contribution is -2.34. The van der Waals surface area contributed by atoms with Gasteiger partial charge in [-0.15, -0.1) is 0 Å². The third-order valence-corrected chi connectivity index (χ3v) is 7.85. The first-order valence-electron chi connectivity index (χ1n) is 9.91. The van der Waals surface area contributed by atoms with Gasteiger partial charge in [-0.1, -0.05) is 30.3 Å². The maximum absolute atomic E-state index is 12.8. The fourth-order valence-corrected chi connectivity index (χ4v) is 5.71. The molecule has 2 heterocycles. The van der Waals surface area contributed by atoms with E-state index in [-0.39, 0.29) is 42.1 Å². The van der Waals surface area contributed by atoms with Crippen molar-refractivity contribution in [1.82, 2.24) is 9.80 Å². The van der Waals surface area contributed by atoms with E-state index in [4.69, 9.17) is 0 Å². The molecule has 2 aromatic rings. The second kappa shape index (κ2) is 8.02. The average Bonchev–Trinajstić information content (AvgIpc) is 3.35. The lowest BCUT2D eigenvalue weighted by molar-refractivity contribution is -0.130. The van der Waals surface area contributed by atoms with Crippen molar-refractivity contribution >= 4 is 27.6 Å². The Morgan fingerprint density at radius 2 is 1.53 bits per heavy atom. The first kappa shape index (κ1) is 20.3. The van der Waals surface area contributed by atoms with Crippen LogP contribution in [0, 0.1) is 0 Å². The Morgan fingerprint density at radius 3 is 2.17 bits per heavy atom. The normalized spacial score (nSPS) is 18.7. The zero-order valence-electron chi connectivity index (χ0n) is 16.4. The Balaban J connectivity index is 1.31. The molecular weight excluding hydrogens is 404 g/mol. The molecule has 1 saturated heterocycles. The highest BCUT2D eigenvalue weighted by Crippen LogP contribution is 2.25. The second-order valence-corrected chi connectivity index (χ2v) is 9.75. The monoisotopic (exact) mass is 426 g/mol. The van der Waals surface area contributed by atoms with Crippen molar-refractivity contribution in [1.29, 1.82) is 0 Å². The molecule has 2 aromatic carbocycles. The van der Waals surface area contributed by atoms with Crippen molar-refractivity contribution in [3.8, 4) is 0 Å². The number of carbonyl (C=O) groups excluding carboxylic acids is 3. The Hall–Kier alpha value is -3.00. The zero-order chi connectivity index (χ0) is 21.3. The van der Waals surface area contributed by atoms with E-state index in [2.05, 4.69) is 0 Å². The van der Waals surface area contributed by atoms with Gasteiger partial charge in [0.05, 0.1) is 21.3 Å². The molecular formula is C22H22N2O5S. The Kier molecular flexibility index (Phi) is 5.42. The number of hydrogen-bond acceptors (Lipinski definition) is 5. The molecule has 2 aliphatic rings. The molecule has 3 amide bonds. The van der Waals surface area contributed by atoms with Gasteiger partial charge >= 0.3 is 0 Å². The van der Waals surface area contributed by atoms with Crippen LogP contribution in [-0.4, -0.2) is 60.8 Å². The van der Waals surface area contributed by atoms with Crippen LogP contribution in [0.3, 0.4) is 0 Å². The van der Waals surface area contributed by atoms with E-state index < -0.39 is 15.1 Å². The third kappa shape index (κ3) is 3.63. The van der Waals surface area contributed by atoms with Crippen LogP contribution in [0.15, 0.2) is 59.5 Å². The minimum absolute atomic E-state index is 0.155. The molecule has 156 valence electrons. The Labute approximate surface area is 175 Å². The first-order chi connectivity index (χ1) is 14.4. The van der Waals surface area contributed by atoms with Crippen LogP contribution in [0.25, 0.3) is 0 Å². The molecule has 0 saturated carbocycles. The third-order valence-electron chi connectivity index (χ3n) is 5.66. The van der Waals surface area contributed by atoms with Gasteiger partial charge in [-0.3, -0.25) is 19.3 Å². The maximum Gasteiger partial charge on any atom is 0.261 e. The number of nitrogens with zero attached hydrogens (tertiary/aromatic N) is 2. The van der Waals surface area contributed by atoms with Crippen LogP contribution in [0.1, 0.15) is 40.0 Å². The number of benzene rings is 2. The molecule has 0 N–H and O–H groups in total. The molecule has 4 rings (SSSR count). The van der Waals surface area contributed by atoms with E-state index in [1.165, 1.54) is 4.90 Å². The molecule has 8 heteroatoms. The molecule has 0 radical (unpaired) electrons. The van der Waals surface area contributed by atoms with Gasteiger partial charge in [-0.2, -0.15) is 0 Å². The van der Waals surface area contributed by atoms with Crippen molar-refractivity contribution < 1.29 is 22.8 Å². The van der Waals surface area contributed by atoms with Crippen molar-refractivity contribution in [3.05, 3.63) is 65.7 Å². The summed E-state index contributed by atoms with van der Waals surface area (Å²) < 4.78 is 25.5. The van der Waals surface area contributed by atoms with Crippen LogP contribution in [0.4, 0.5) is 0 Å². The standard InChI is InChI=1S/C22H22N2O5S/c25-20(11-6-13-24-21(26)18-9-4-5-10-19(18)22(24)27)23-14-12-17(15-23)30(28,29)16-7-2-1-3-8-16/h1-5,7-10,17H,6,11-15H2. The molecule has 0 bridgehead atoms. The molecule has 30 heavy (non-hydrogen) atoms. The molecule has 0 aromatic heterocycles. The molecule has 1 atom stereocenters. The number of fused-ring (bicyclic) bond motifs is 1. The van der Waals surface area contributed by atoms with Crippen LogP contribution in [0.2, 0.25) is 0 Å². The summed E-state index contributed by atoms with van der Waals surface area (Å²) in [6, 6.07) is 14.9. The Morgan fingerprint density at radius 1 is 0.933 bits per heavy atom. The molecule has 2 aliphatic heterocycles. The van der Waals surface area contributed by atoms with Crippen molar-refractivity contribution in [3.63, 3.8) is 0 Å². The summed E-state index contributed by atoms with van der Waals surface area (Å²) in [5.41, 5.74) is 0.782. The maximum atomic E-state index is 12.8. The summed E-state index contributed by atoms with van der Waals surface area (Å²) in [6.07, 6.45) is 0.907. The fraction of sp³-hybridized carbons (Fsp3) is 0.318. The van der Waals surface area contributed by atoms with E-state index in [0.717, 1.165) is 0 Å². The predicted molar refractivity (Wildman–Crippen MR) is 110 cm³/mol. The first-order valence-corrected chi connectivity index (χ1v) is 11.5. The van der Waals surface area contributed by atoms with Crippen molar-refractivity contribution in [2.45, 2.75) is 29.4 Å². The molecule has 0 aliphatic carbocycles. The number of likely N-dealkylation sites (tertiary alicyclic amines) is 1. The number of carbonyl (C=O) groups is 3. The Bertz CT molecular complexity index is 1060. The number of sulfone groups is 1. The van der Waals surface area contributed by atoms with Gasteiger partial charge < -0.3 is 4.90 Å². The SMILES string of the molecule is O=C(CCCN1C(=O)c2ccccc2C1=O)N1CCC(S(=O)(=O)c2ccccc2)C1. The summed E-state index contributed by atoms with van der Waals surface area (Å²) in [4.78, 5) is 40.3. The van der Waals surface area contributed by atoms with Gasteiger partial charge in [-0.25, -0.2) is 8.42 Å². The summed E-state index contributed by atoms with van der Waals surface area (Å²) in [6.45, 7) is 0.726. The van der Waals surface area contributed by atoms with Crippen molar-refractivity contribution in [2.75, 3.05) is 19.6 Å². The van der Waals surface area contributed by atoms with Gasteiger partial charge in [0.2, 0.25) is 5.91 Å². The van der Waals surface area contributed by atoms with Crippen LogP contribution in [-0.2, 0) is 14.6 Å². The number of amides is 3. The number of rotatable bonds is 6. The lowest BCUT2D eigenvalue weighted by Gasteiger charge is -2.18. The van der Waals surface area contributed by atoms with Gasteiger partial charge in [0.15, 0.2) is 9.84 Å².